The first kappa shape index (κ1) is 14.4. The smallest absolute Gasteiger partial charge is 0.212 e. The number of nitrogens with zero attached hydrogens (tertiary/aromatic N) is 1. The number of pyridine rings is 1. The molecule has 1 aromatic rings. The van der Waals surface area contributed by atoms with Crippen LogP contribution in [0.4, 0.5) is 0 Å². The number of aromatic nitrogens is 1. The van der Waals surface area contributed by atoms with Gasteiger partial charge in [0.15, 0.2) is 0 Å². The van der Waals surface area contributed by atoms with E-state index in [1.54, 1.807) is 12.4 Å². The molecule has 1 saturated carbocycles. The molecule has 0 atom stereocenters. The molecule has 5 nitrogen and oxygen atoms in total. The highest BCUT2D eigenvalue weighted by molar-refractivity contribution is 7.89. The lowest BCUT2D eigenvalue weighted by Gasteiger charge is -2.27. The van der Waals surface area contributed by atoms with Gasteiger partial charge in [0, 0.05) is 12.4 Å². The van der Waals surface area contributed by atoms with Crippen LogP contribution in [0.2, 0.25) is 0 Å². The number of aliphatic hydroxyl groups is 1. The van der Waals surface area contributed by atoms with Gasteiger partial charge in [0.2, 0.25) is 10.0 Å². The van der Waals surface area contributed by atoms with Crippen LogP contribution in [-0.4, -0.2) is 36.4 Å². The molecule has 0 spiro atoms. The summed E-state index contributed by atoms with van der Waals surface area (Å²) in [4.78, 5) is 3.90. The molecule has 6 heteroatoms. The fourth-order valence-corrected chi connectivity index (χ4v) is 4.06. The second-order valence-electron chi connectivity index (χ2n) is 5.17. The zero-order valence-corrected chi connectivity index (χ0v) is 11.7. The van der Waals surface area contributed by atoms with Gasteiger partial charge in [-0.2, -0.15) is 0 Å². The van der Waals surface area contributed by atoms with E-state index in [0.29, 0.717) is 6.42 Å². The molecule has 1 fully saturated rings. The third kappa shape index (κ3) is 3.99. The van der Waals surface area contributed by atoms with E-state index in [2.05, 4.69) is 9.71 Å². The van der Waals surface area contributed by atoms with E-state index in [4.69, 9.17) is 0 Å². The number of nitrogens with one attached hydrogen (secondary N) is 1. The standard InChI is InChI=1S/C13H20N2O3S/c16-11-13(6-1-2-7-13)15-19(17,18)10-5-12-3-8-14-9-4-12/h3-4,8-9,15-16H,1-2,5-7,10-11H2. The average Bonchev–Trinajstić information content (AvgIpc) is 2.86. The van der Waals surface area contributed by atoms with Crippen LogP contribution >= 0.6 is 0 Å². The summed E-state index contributed by atoms with van der Waals surface area (Å²) in [6, 6.07) is 3.62. The van der Waals surface area contributed by atoms with E-state index >= 15 is 0 Å². The average molecular weight is 284 g/mol. The molecule has 1 aliphatic rings. The second kappa shape index (κ2) is 5.98. The lowest BCUT2D eigenvalue weighted by molar-refractivity contribution is 0.185. The first-order valence-electron chi connectivity index (χ1n) is 6.57. The molecule has 0 aliphatic heterocycles. The molecule has 2 rings (SSSR count). The Morgan fingerprint density at radius 3 is 2.47 bits per heavy atom. The van der Waals surface area contributed by atoms with Gasteiger partial charge in [-0.1, -0.05) is 12.8 Å². The van der Waals surface area contributed by atoms with Gasteiger partial charge in [-0.05, 0) is 37.0 Å². The lowest BCUT2D eigenvalue weighted by Crippen LogP contribution is -2.50. The van der Waals surface area contributed by atoms with E-state index in [9.17, 15) is 13.5 Å². The summed E-state index contributed by atoms with van der Waals surface area (Å²) in [5.41, 5.74) is 0.321. The minimum atomic E-state index is -3.36. The summed E-state index contributed by atoms with van der Waals surface area (Å²) in [6.45, 7) is -0.124. The molecule has 2 N–H and O–H groups in total. The Kier molecular flexibility index (Phi) is 4.54. The van der Waals surface area contributed by atoms with Crippen molar-refractivity contribution in [3.63, 3.8) is 0 Å². The van der Waals surface area contributed by atoms with Crippen molar-refractivity contribution in [3.05, 3.63) is 30.1 Å². The van der Waals surface area contributed by atoms with Crippen molar-refractivity contribution in [2.75, 3.05) is 12.4 Å². The molecule has 19 heavy (non-hydrogen) atoms. The van der Waals surface area contributed by atoms with Crippen LogP contribution in [0.1, 0.15) is 31.2 Å². The lowest BCUT2D eigenvalue weighted by atomic mass is 10.0. The monoisotopic (exact) mass is 284 g/mol. The third-order valence-electron chi connectivity index (χ3n) is 3.64. The molecular weight excluding hydrogens is 264 g/mol. The van der Waals surface area contributed by atoms with Crippen LogP contribution in [0.15, 0.2) is 24.5 Å². The van der Waals surface area contributed by atoms with Gasteiger partial charge in [-0.3, -0.25) is 4.98 Å². The number of sulfonamides is 1. The fourth-order valence-electron chi connectivity index (χ4n) is 2.53. The second-order valence-corrected chi connectivity index (χ2v) is 7.01. The summed E-state index contributed by atoms with van der Waals surface area (Å²) in [5.74, 6) is 0.0404. The highest BCUT2D eigenvalue weighted by Crippen LogP contribution is 2.29. The zero-order chi connectivity index (χ0) is 13.8. The molecule has 106 valence electrons. The van der Waals surface area contributed by atoms with Crippen molar-refractivity contribution in [1.29, 1.82) is 0 Å². The molecule has 1 heterocycles. The van der Waals surface area contributed by atoms with E-state index < -0.39 is 15.6 Å². The van der Waals surface area contributed by atoms with Gasteiger partial charge in [0.1, 0.15) is 0 Å². The van der Waals surface area contributed by atoms with E-state index in [1.165, 1.54) is 0 Å². The zero-order valence-electron chi connectivity index (χ0n) is 10.9. The highest BCUT2D eigenvalue weighted by Gasteiger charge is 2.36. The summed E-state index contributed by atoms with van der Waals surface area (Å²) < 4.78 is 26.9. The van der Waals surface area contributed by atoms with Crippen LogP contribution in [0.5, 0.6) is 0 Å². The van der Waals surface area contributed by atoms with E-state index in [-0.39, 0.29) is 12.4 Å². The molecule has 0 unspecified atom stereocenters. The van der Waals surface area contributed by atoms with Crippen LogP contribution in [0, 0.1) is 0 Å². The molecule has 0 saturated heterocycles. The van der Waals surface area contributed by atoms with Gasteiger partial charge in [-0.25, -0.2) is 13.1 Å². The van der Waals surface area contributed by atoms with Crippen molar-refractivity contribution in [2.24, 2.45) is 0 Å². The largest absolute Gasteiger partial charge is 0.394 e. The van der Waals surface area contributed by atoms with Crippen molar-refractivity contribution in [1.82, 2.24) is 9.71 Å². The van der Waals surface area contributed by atoms with Gasteiger partial charge in [0.25, 0.3) is 0 Å². The molecule has 1 aromatic heterocycles. The Hall–Kier alpha value is -0.980. The minimum absolute atomic E-state index is 0.0404. The Bertz CT molecular complexity index is 496. The Morgan fingerprint density at radius 2 is 1.89 bits per heavy atom. The van der Waals surface area contributed by atoms with Gasteiger partial charge in [-0.15, -0.1) is 0 Å². The maximum atomic E-state index is 12.1. The number of hydrogen-bond acceptors (Lipinski definition) is 4. The normalized spacial score (nSPS) is 18.6. The predicted octanol–water partition coefficient (Wildman–Crippen LogP) is 0.849. The van der Waals surface area contributed by atoms with Crippen LogP contribution in [0.25, 0.3) is 0 Å². The summed E-state index contributed by atoms with van der Waals surface area (Å²) in [5, 5.41) is 9.43. The van der Waals surface area contributed by atoms with E-state index in [0.717, 1.165) is 31.2 Å². The summed E-state index contributed by atoms with van der Waals surface area (Å²) in [6.07, 6.45) is 7.14. The molecule has 0 radical (unpaired) electrons. The van der Waals surface area contributed by atoms with Crippen LogP contribution in [-0.2, 0) is 16.4 Å². The summed E-state index contributed by atoms with van der Waals surface area (Å²) >= 11 is 0. The minimum Gasteiger partial charge on any atom is -0.394 e. The van der Waals surface area contributed by atoms with E-state index in [1.807, 2.05) is 12.1 Å². The molecular formula is C13H20N2O3S. The highest BCUT2D eigenvalue weighted by atomic mass is 32.2. The van der Waals surface area contributed by atoms with Crippen molar-refractivity contribution in [3.8, 4) is 0 Å². The third-order valence-corrected chi connectivity index (χ3v) is 5.13. The first-order chi connectivity index (χ1) is 9.05. The SMILES string of the molecule is O=S(=O)(CCc1ccncc1)NC1(CO)CCCC1. The topological polar surface area (TPSA) is 79.3 Å². The quantitative estimate of drug-likeness (QED) is 0.811. The first-order valence-corrected chi connectivity index (χ1v) is 8.22. The van der Waals surface area contributed by atoms with Gasteiger partial charge >= 0.3 is 0 Å². The maximum Gasteiger partial charge on any atom is 0.212 e. The maximum absolute atomic E-state index is 12.1. The van der Waals surface area contributed by atoms with Crippen molar-refractivity contribution >= 4 is 10.0 Å². The molecule has 0 bridgehead atoms. The number of rotatable bonds is 6. The Morgan fingerprint density at radius 1 is 1.26 bits per heavy atom. The Balaban J connectivity index is 1.95. The van der Waals surface area contributed by atoms with Crippen molar-refractivity contribution < 1.29 is 13.5 Å². The van der Waals surface area contributed by atoms with Gasteiger partial charge in [0.05, 0.1) is 17.9 Å². The number of hydrogen-bond donors (Lipinski definition) is 2. The molecule has 0 aromatic carbocycles. The Labute approximate surface area is 114 Å². The molecule has 0 amide bonds. The number of aryl methyl sites for hydroxylation is 1. The summed E-state index contributed by atoms with van der Waals surface area (Å²) in [7, 11) is -3.36. The van der Waals surface area contributed by atoms with Gasteiger partial charge < -0.3 is 5.11 Å². The van der Waals surface area contributed by atoms with Crippen molar-refractivity contribution in [2.45, 2.75) is 37.6 Å². The predicted molar refractivity (Wildman–Crippen MR) is 73.1 cm³/mol. The van der Waals surface area contributed by atoms with Crippen LogP contribution in [0.3, 0.4) is 0 Å². The van der Waals surface area contributed by atoms with Crippen LogP contribution < -0.4 is 4.72 Å². The fraction of sp³-hybridized carbons (Fsp3) is 0.615. The number of aliphatic hydroxyl groups excluding tert-OH is 1. The molecule has 1 aliphatic carbocycles.